The van der Waals surface area contributed by atoms with E-state index in [0.29, 0.717) is 12.8 Å². The first-order valence-corrected chi connectivity index (χ1v) is 5.68. The molecule has 2 unspecified atom stereocenters. The van der Waals surface area contributed by atoms with Gasteiger partial charge in [-0.05, 0) is 12.8 Å². The molecule has 0 amide bonds. The molecule has 94 valence electrons. The third kappa shape index (κ3) is 3.94. The van der Waals surface area contributed by atoms with Gasteiger partial charge in [0.15, 0.2) is 0 Å². The molecule has 0 bridgehead atoms. The Morgan fingerprint density at radius 3 is 2.56 bits per heavy atom. The molecule has 4 nitrogen and oxygen atoms in total. The molecule has 2 atom stereocenters. The van der Waals surface area contributed by atoms with Crippen molar-refractivity contribution in [1.29, 1.82) is 0 Å². The lowest BCUT2D eigenvalue weighted by atomic mass is 9.80. The van der Waals surface area contributed by atoms with Crippen LogP contribution in [0.5, 0.6) is 0 Å². The van der Waals surface area contributed by atoms with E-state index < -0.39 is 17.7 Å². The predicted octanol–water partition coefficient (Wildman–Crippen LogP) is 1.61. The minimum absolute atomic E-state index is 0.199. The first-order valence-electron chi connectivity index (χ1n) is 5.68. The van der Waals surface area contributed by atoms with Gasteiger partial charge in [0.05, 0.1) is 12.0 Å². The molecule has 0 aliphatic carbocycles. The van der Waals surface area contributed by atoms with Gasteiger partial charge in [0.2, 0.25) is 6.29 Å². The van der Waals surface area contributed by atoms with Crippen LogP contribution in [0.25, 0.3) is 0 Å². The van der Waals surface area contributed by atoms with Crippen molar-refractivity contribution >= 4 is 5.97 Å². The summed E-state index contributed by atoms with van der Waals surface area (Å²) in [6, 6.07) is 0. The topological polar surface area (TPSA) is 66.8 Å². The quantitative estimate of drug-likeness (QED) is 0.378. The van der Waals surface area contributed by atoms with Crippen molar-refractivity contribution in [3.63, 3.8) is 0 Å². The highest BCUT2D eigenvalue weighted by Gasteiger charge is 2.37. The number of esters is 1. The molecule has 0 aliphatic heterocycles. The summed E-state index contributed by atoms with van der Waals surface area (Å²) in [6.07, 6.45) is 2.73. The molecule has 16 heavy (non-hydrogen) atoms. The molecule has 0 saturated heterocycles. The van der Waals surface area contributed by atoms with Crippen LogP contribution < -0.4 is 0 Å². The molecule has 0 saturated carbocycles. The van der Waals surface area contributed by atoms with Gasteiger partial charge in [0.1, 0.15) is 0 Å². The zero-order valence-corrected chi connectivity index (χ0v) is 10.1. The Morgan fingerprint density at radius 2 is 2.19 bits per heavy atom. The molecule has 0 heterocycles. The fourth-order valence-corrected chi connectivity index (χ4v) is 1.56. The molecular formula is C12H22O4. The van der Waals surface area contributed by atoms with Crippen LogP contribution in [0.3, 0.4) is 0 Å². The molecule has 0 fully saturated rings. The Kier molecular flexibility index (Phi) is 7.01. The standard InChI is InChI=1S/C12H22O4/c1-4-7-8-12(6-3,9-13)11(15)16-10(14)5-2/h5,11,13,15H,2,4,6-9H2,1,3H3. The van der Waals surface area contributed by atoms with Crippen LogP contribution in [0.2, 0.25) is 0 Å². The zero-order chi connectivity index (χ0) is 12.6. The van der Waals surface area contributed by atoms with Crippen molar-refractivity contribution in [1.82, 2.24) is 0 Å². The number of ether oxygens (including phenoxy) is 1. The summed E-state index contributed by atoms with van der Waals surface area (Å²) in [7, 11) is 0. The lowest BCUT2D eigenvalue weighted by Crippen LogP contribution is -2.41. The van der Waals surface area contributed by atoms with Crippen LogP contribution in [-0.4, -0.2) is 29.1 Å². The molecule has 0 radical (unpaired) electrons. The molecule has 0 spiro atoms. The largest absolute Gasteiger partial charge is 0.432 e. The van der Waals surface area contributed by atoms with Crippen molar-refractivity contribution in [2.45, 2.75) is 45.8 Å². The van der Waals surface area contributed by atoms with Crippen molar-refractivity contribution in [2.75, 3.05) is 6.61 Å². The lowest BCUT2D eigenvalue weighted by Gasteiger charge is -2.34. The number of aliphatic hydroxyl groups excluding tert-OH is 2. The van der Waals surface area contributed by atoms with E-state index >= 15 is 0 Å². The van der Waals surface area contributed by atoms with Gasteiger partial charge in [-0.2, -0.15) is 0 Å². The number of rotatable bonds is 8. The number of hydrogen-bond donors (Lipinski definition) is 2. The van der Waals surface area contributed by atoms with E-state index in [1.807, 2.05) is 13.8 Å². The fraction of sp³-hybridized carbons (Fsp3) is 0.750. The minimum atomic E-state index is -1.28. The summed E-state index contributed by atoms with van der Waals surface area (Å²) in [5.74, 6) is -0.671. The molecule has 0 rings (SSSR count). The highest BCUT2D eigenvalue weighted by Crippen LogP contribution is 2.33. The van der Waals surface area contributed by atoms with Crippen LogP contribution >= 0.6 is 0 Å². The number of carbonyl (C=O) groups is 1. The van der Waals surface area contributed by atoms with E-state index in [2.05, 4.69) is 6.58 Å². The van der Waals surface area contributed by atoms with Crippen LogP contribution in [0.4, 0.5) is 0 Å². The van der Waals surface area contributed by atoms with E-state index in [-0.39, 0.29) is 6.61 Å². The number of unbranched alkanes of at least 4 members (excludes halogenated alkanes) is 1. The SMILES string of the molecule is C=CC(=O)OC(O)C(CC)(CO)CCCC. The lowest BCUT2D eigenvalue weighted by molar-refractivity contribution is -0.197. The molecule has 0 aliphatic rings. The highest BCUT2D eigenvalue weighted by molar-refractivity contribution is 5.81. The van der Waals surface area contributed by atoms with E-state index in [4.69, 9.17) is 4.74 Å². The summed E-state index contributed by atoms with van der Waals surface area (Å²) in [5, 5.41) is 19.2. The molecule has 0 aromatic heterocycles. The van der Waals surface area contributed by atoms with Gasteiger partial charge in [-0.25, -0.2) is 4.79 Å². The third-order valence-corrected chi connectivity index (χ3v) is 2.97. The van der Waals surface area contributed by atoms with E-state index in [9.17, 15) is 15.0 Å². The maximum atomic E-state index is 11.0. The molecule has 0 aromatic rings. The molecular weight excluding hydrogens is 208 g/mol. The summed E-state index contributed by atoms with van der Waals surface area (Å²) >= 11 is 0. The summed E-state index contributed by atoms with van der Waals surface area (Å²) in [6.45, 7) is 6.95. The Balaban J connectivity index is 4.59. The maximum absolute atomic E-state index is 11.0. The van der Waals surface area contributed by atoms with Gasteiger partial charge >= 0.3 is 5.97 Å². The van der Waals surface area contributed by atoms with Gasteiger partial charge < -0.3 is 14.9 Å². The summed E-state index contributed by atoms with van der Waals surface area (Å²) in [5.41, 5.74) is -0.755. The van der Waals surface area contributed by atoms with Gasteiger partial charge in [-0.15, -0.1) is 0 Å². The number of carbonyl (C=O) groups excluding carboxylic acids is 1. The average Bonchev–Trinajstić information content (AvgIpc) is 2.31. The Bertz CT molecular complexity index is 221. The van der Waals surface area contributed by atoms with Gasteiger partial charge in [0.25, 0.3) is 0 Å². The van der Waals surface area contributed by atoms with Crippen LogP contribution in [0.1, 0.15) is 39.5 Å². The Labute approximate surface area is 96.9 Å². The first-order chi connectivity index (χ1) is 7.56. The predicted molar refractivity (Wildman–Crippen MR) is 61.6 cm³/mol. The second-order valence-corrected chi connectivity index (χ2v) is 3.97. The molecule has 0 aromatic carbocycles. The third-order valence-electron chi connectivity index (χ3n) is 2.97. The number of aliphatic hydroxyl groups is 2. The van der Waals surface area contributed by atoms with Crippen LogP contribution in [0.15, 0.2) is 12.7 Å². The minimum Gasteiger partial charge on any atom is -0.432 e. The van der Waals surface area contributed by atoms with E-state index in [1.54, 1.807) is 0 Å². The molecule has 4 heteroatoms. The first kappa shape index (κ1) is 15.1. The molecule has 2 N–H and O–H groups in total. The average molecular weight is 230 g/mol. The van der Waals surface area contributed by atoms with Crippen molar-refractivity contribution in [3.05, 3.63) is 12.7 Å². The van der Waals surface area contributed by atoms with Gasteiger partial charge in [-0.3, -0.25) is 0 Å². The second kappa shape index (κ2) is 7.41. The monoisotopic (exact) mass is 230 g/mol. The van der Waals surface area contributed by atoms with Crippen molar-refractivity contribution in [2.24, 2.45) is 5.41 Å². The van der Waals surface area contributed by atoms with Crippen LogP contribution in [0, 0.1) is 5.41 Å². The second-order valence-electron chi connectivity index (χ2n) is 3.97. The zero-order valence-electron chi connectivity index (χ0n) is 10.1. The van der Waals surface area contributed by atoms with E-state index in [0.717, 1.165) is 18.9 Å². The smallest absolute Gasteiger partial charge is 0.332 e. The van der Waals surface area contributed by atoms with Gasteiger partial charge in [0, 0.05) is 6.08 Å². The van der Waals surface area contributed by atoms with E-state index in [1.165, 1.54) is 0 Å². The van der Waals surface area contributed by atoms with Crippen molar-refractivity contribution < 1.29 is 19.7 Å². The highest BCUT2D eigenvalue weighted by atomic mass is 16.6. The Morgan fingerprint density at radius 1 is 1.56 bits per heavy atom. The van der Waals surface area contributed by atoms with Crippen molar-refractivity contribution in [3.8, 4) is 0 Å². The Hall–Kier alpha value is -0.870. The van der Waals surface area contributed by atoms with Crippen LogP contribution in [-0.2, 0) is 9.53 Å². The fourth-order valence-electron chi connectivity index (χ4n) is 1.56. The summed E-state index contributed by atoms with van der Waals surface area (Å²) < 4.78 is 4.78. The summed E-state index contributed by atoms with van der Waals surface area (Å²) in [4.78, 5) is 11.0. The number of hydrogen-bond acceptors (Lipinski definition) is 4. The normalized spacial score (nSPS) is 16.2. The van der Waals surface area contributed by atoms with Gasteiger partial charge in [-0.1, -0.05) is 33.3 Å². The maximum Gasteiger partial charge on any atom is 0.332 e.